The number of hydrogen-bond acceptors (Lipinski definition) is 7. The van der Waals surface area contributed by atoms with E-state index in [1.807, 2.05) is 24.3 Å². The lowest BCUT2D eigenvalue weighted by atomic mass is 9.89. The predicted octanol–water partition coefficient (Wildman–Crippen LogP) is 2.52. The van der Waals surface area contributed by atoms with Crippen LogP contribution in [0.4, 0.5) is 10.1 Å². The Morgan fingerprint density at radius 3 is 2.56 bits per heavy atom. The standard InChI is InChI=1S/C21H18FN7O3/c22-15-3-6-17-25-19(26-29(17)11-15)21(31)28-9-7-14(8-10-28)13-1-4-16(5-2-13)24-20(30)18-23-12-32-27-18/h1-6,11-12,14H,7-10H2,(H,24,30). The molecule has 0 spiro atoms. The largest absolute Gasteiger partial charge is 0.342 e. The van der Waals surface area contributed by atoms with E-state index in [2.05, 4.69) is 30.1 Å². The van der Waals surface area contributed by atoms with Crippen molar-refractivity contribution in [3.63, 3.8) is 0 Å². The maximum atomic E-state index is 13.3. The Balaban J connectivity index is 1.19. The Hall–Kier alpha value is -4.15. The summed E-state index contributed by atoms with van der Waals surface area (Å²) in [6, 6.07) is 10.3. The summed E-state index contributed by atoms with van der Waals surface area (Å²) in [6.45, 7) is 1.15. The van der Waals surface area contributed by atoms with Crippen LogP contribution in [0.15, 0.2) is 53.5 Å². The molecule has 1 aliphatic heterocycles. The highest BCUT2D eigenvalue weighted by atomic mass is 19.1. The number of amides is 2. The van der Waals surface area contributed by atoms with E-state index in [-0.39, 0.29) is 17.6 Å². The van der Waals surface area contributed by atoms with E-state index in [4.69, 9.17) is 0 Å². The molecule has 11 heteroatoms. The molecular formula is C21H18FN7O3. The number of fused-ring (bicyclic) bond motifs is 1. The smallest absolute Gasteiger partial charge is 0.297 e. The number of hydrogen-bond donors (Lipinski definition) is 1. The van der Waals surface area contributed by atoms with Gasteiger partial charge < -0.3 is 14.7 Å². The summed E-state index contributed by atoms with van der Waals surface area (Å²) in [6.07, 6.45) is 3.88. The maximum Gasteiger partial charge on any atom is 0.297 e. The third kappa shape index (κ3) is 3.92. The van der Waals surface area contributed by atoms with Crippen molar-refractivity contribution in [1.82, 2.24) is 29.6 Å². The van der Waals surface area contributed by atoms with Gasteiger partial charge in [0, 0.05) is 18.8 Å². The summed E-state index contributed by atoms with van der Waals surface area (Å²) in [7, 11) is 0. The zero-order valence-electron chi connectivity index (χ0n) is 16.8. The molecule has 0 aliphatic carbocycles. The van der Waals surface area contributed by atoms with Crippen LogP contribution in [0.2, 0.25) is 0 Å². The van der Waals surface area contributed by atoms with Gasteiger partial charge in [-0.15, -0.1) is 5.10 Å². The molecule has 1 aliphatic rings. The first kappa shape index (κ1) is 19.8. The van der Waals surface area contributed by atoms with Gasteiger partial charge in [0.05, 0.1) is 6.20 Å². The van der Waals surface area contributed by atoms with Crippen LogP contribution in [0.1, 0.15) is 45.6 Å². The lowest BCUT2D eigenvalue weighted by Crippen LogP contribution is -2.38. The molecular weight excluding hydrogens is 417 g/mol. The number of nitrogens with zero attached hydrogens (tertiary/aromatic N) is 6. The molecule has 1 aromatic carbocycles. The SMILES string of the molecule is O=C(Nc1ccc(C2CCN(C(=O)c3nc4ccc(F)cn4n3)CC2)cc1)c1ncon1. The van der Waals surface area contributed by atoms with Crippen LogP contribution in [0.25, 0.3) is 5.65 Å². The summed E-state index contributed by atoms with van der Waals surface area (Å²) >= 11 is 0. The molecule has 2 amide bonds. The Kier molecular flexibility index (Phi) is 5.06. The molecule has 0 saturated carbocycles. The quantitative estimate of drug-likeness (QED) is 0.523. The topological polar surface area (TPSA) is 119 Å². The maximum absolute atomic E-state index is 13.3. The van der Waals surface area contributed by atoms with Gasteiger partial charge >= 0.3 is 0 Å². The molecule has 1 N–H and O–H groups in total. The van der Waals surface area contributed by atoms with Gasteiger partial charge in [-0.05, 0) is 48.6 Å². The van der Waals surface area contributed by atoms with Crippen LogP contribution in [-0.4, -0.2) is 54.5 Å². The first-order valence-electron chi connectivity index (χ1n) is 10.1. The van der Waals surface area contributed by atoms with E-state index in [0.717, 1.165) is 24.8 Å². The Morgan fingerprint density at radius 1 is 1.06 bits per heavy atom. The molecule has 32 heavy (non-hydrogen) atoms. The van der Waals surface area contributed by atoms with E-state index in [1.165, 1.54) is 22.8 Å². The molecule has 10 nitrogen and oxygen atoms in total. The van der Waals surface area contributed by atoms with Crippen LogP contribution < -0.4 is 5.32 Å². The van der Waals surface area contributed by atoms with E-state index >= 15 is 0 Å². The zero-order valence-corrected chi connectivity index (χ0v) is 16.8. The number of carbonyl (C=O) groups is 2. The van der Waals surface area contributed by atoms with Crippen molar-refractivity contribution in [3.05, 3.63) is 72.0 Å². The van der Waals surface area contributed by atoms with Crippen molar-refractivity contribution >= 4 is 23.1 Å². The van der Waals surface area contributed by atoms with Gasteiger partial charge in [0.1, 0.15) is 5.82 Å². The number of carbonyl (C=O) groups excluding carboxylic acids is 2. The van der Waals surface area contributed by atoms with Crippen LogP contribution in [-0.2, 0) is 0 Å². The summed E-state index contributed by atoms with van der Waals surface area (Å²) in [4.78, 5) is 34.4. The van der Waals surface area contributed by atoms with Crippen molar-refractivity contribution < 1.29 is 18.5 Å². The lowest BCUT2D eigenvalue weighted by Gasteiger charge is -2.31. The zero-order chi connectivity index (χ0) is 22.1. The minimum Gasteiger partial charge on any atom is -0.342 e. The third-order valence-electron chi connectivity index (χ3n) is 5.47. The minimum absolute atomic E-state index is 0.0312. The van der Waals surface area contributed by atoms with E-state index in [1.54, 1.807) is 4.90 Å². The highest BCUT2D eigenvalue weighted by Gasteiger charge is 2.27. The molecule has 0 bridgehead atoms. The molecule has 4 heterocycles. The van der Waals surface area contributed by atoms with Gasteiger partial charge in [-0.1, -0.05) is 17.3 Å². The van der Waals surface area contributed by atoms with Crippen molar-refractivity contribution in [3.8, 4) is 0 Å². The fourth-order valence-corrected chi connectivity index (χ4v) is 3.80. The molecule has 0 unspecified atom stereocenters. The minimum atomic E-state index is -0.443. The second kappa shape index (κ2) is 8.17. The summed E-state index contributed by atoms with van der Waals surface area (Å²) in [5, 5.41) is 10.3. The van der Waals surface area contributed by atoms with Crippen LogP contribution in [0, 0.1) is 5.82 Å². The number of benzene rings is 1. The van der Waals surface area contributed by atoms with Crippen molar-refractivity contribution in [2.75, 3.05) is 18.4 Å². The Bertz CT molecular complexity index is 1260. The second-order valence-corrected chi connectivity index (χ2v) is 7.48. The number of rotatable bonds is 4. The van der Waals surface area contributed by atoms with Gasteiger partial charge in [-0.25, -0.2) is 13.9 Å². The van der Waals surface area contributed by atoms with Crippen LogP contribution in [0.3, 0.4) is 0 Å². The summed E-state index contributed by atoms with van der Waals surface area (Å²) in [5.74, 6) is -0.812. The lowest BCUT2D eigenvalue weighted by molar-refractivity contribution is 0.0700. The van der Waals surface area contributed by atoms with Crippen molar-refractivity contribution in [2.24, 2.45) is 0 Å². The molecule has 1 fully saturated rings. The van der Waals surface area contributed by atoms with Gasteiger partial charge in [-0.2, -0.15) is 4.98 Å². The fraction of sp³-hybridized carbons (Fsp3) is 0.238. The van der Waals surface area contributed by atoms with Crippen molar-refractivity contribution in [1.29, 1.82) is 0 Å². The second-order valence-electron chi connectivity index (χ2n) is 7.48. The number of nitrogens with one attached hydrogen (secondary N) is 1. The predicted molar refractivity (Wildman–Crippen MR) is 110 cm³/mol. The van der Waals surface area contributed by atoms with E-state index < -0.39 is 11.7 Å². The molecule has 3 aromatic heterocycles. The van der Waals surface area contributed by atoms with E-state index in [9.17, 15) is 14.0 Å². The number of aromatic nitrogens is 5. The number of anilines is 1. The Labute approximate surface area is 181 Å². The molecule has 0 radical (unpaired) electrons. The highest BCUT2D eigenvalue weighted by Crippen LogP contribution is 2.29. The Morgan fingerprint density at radius 2 is 1.84 bits per heavy atom. The summed E-state index contributed by atoms with van der Waals surface area (Å²) in [5.41, 5.74) is 2.19. The van der Waals surface area contributed by atoms with E-state index in [0.29, 0.717) is 30.3 Å². The third-order valence-corrected chi connectivity index (χ3v) is 5.47. The number of pyridine rings is 1. The fourth-order valence-electron chi connectivity index (χ4n) is 3.80. The van der Waals surface area contributed by atoms with Crippen LogP contribution >= 0.6 is 0 Å². The first-order valence-corrected chi connectivity index (χ1v) is 10.1. The highest BCUT2D eigenvalue weighted by molar-refractivity contribution is 6.01. The van der Waals surface area contributed by atoms with Gasteiger partial charge in [0.2, 0.25) is 12.2 Å². The van der Waals surface area contributed by atoms with Gasteiger partial charge in [0.15, 0.2) is 5.65 Å². The molecule has 5 rings (SSSR count). The van der Waals surface area contributed by atoms with Gasteiger partial charge in [0.25, 0.3) is 17.6 Å². The van der Waals surface area contributed by atoms with Gasteiger partial charge in [-0.3, -0.25) is 9.59 Å². The number of piperidine rings is 1. The molecule has 1 saturated heterocycles. The average molecular weight is 435 g/mol. The average Bonchev–Trinajstić information content (AvgIpc) is 3.49. The molecule has 4 aromatic rings. The van der Waals surface area contributed by atoms with Crippen LogP contribution in [0.5, 0.6) is 0 Å². The van der Waals surface area contributed by atoms with Crippen molar-refractivity contribution in [2.45, 2.75) is 18.8 Å². The summed E-state index contributed by atoms with van der Waals surface area (Å²) < 4.78 is 19.2. The molecule has 162 valence electrons. The normalized spacial score (nSPS) is 14.6. The first-order chi connectivity index (χ1) is 15.6. The molecule has 0 atom stereocenters. The number of likely N-dealkylation sites (tertiary alicyclic amines) is 1. The number of halogens is 1. The monoisotopic (exact) mass is 435 g/mol.